The molecule has 1 aromatic heterocycles. The average molecular weight is 313 g/mol. The molecule has 0 radical (unpaired) electrons. The standard InChI is InChI=1S/C12H13BrN2O3/c1-7-9(12(17)18)4-5-15(7)11(16)8-2-3-10(13)14-6-8/h2-3,6-7,9H,4-5H2,1H3,(H,17,18). The lowest BCUT2D eigenvalue weighted by Gasteiger charge is -2.23. The molecule has 6 heteroatoms. The van der Waals surface area contributed by atoms with Crippen molar-refractivity contribution in [3.63, 3.8) is 0 Å². The Morgan fingerprint density at radius 2 is 2.22 bits per heavy atom. The largest absolute Gasteiger partial charge is 0.481 e. The molecule has 1 N–H and O–H groups in total. The maximum absolute atomic E-state index is 12.2. The molecule has 2 heterocycles. The van der Waals surface area contributed by atoms with E-state index in [0.717, 1.165) is 0 Å². The number of rotatable bonds is 2. The Kier molecular flexibility index (Phi) is 3.65. The van der Waals surface area contributed by atoms with Gasteiger partial charge in [-0.1, -0.05) is 0 Å². The zero-order valence-corrected chi connectivity index (χ0v) is 11.4. The van der Waals surface area contributed by atoms with Gasteiger partial charge in [0.05, 0.1) is 11.5 Å². The quantitative estimate of drug-likeness (QED) is 0.845. The molecule has 1 fully saturated rings. The van der Waals surface area contributed by atoms with Crippen LogP contribution in [0.4, 0.5) is 0 Å². The predicted octanol–water partition coefficient (Wildman–Crippen LogP) is 1.78. The van der Waals surface area contributed by atoms with Crippen LogP contribution in [-0.2, 0) is 4.79 Å². The number of likely N-dealkylation sites (tertiary alicyclic amines) is 1. The Bertz CT molecular complexity index is 475. The Hall–Kier alpha value is -1.43. The maximum Gasteiger partial charge on any atom is 0.308 e. The zero-order chi connectivity index (χ0) is 13.3. The van der Waals surface area contributed by atoms with Gasteiger partial charge in [0.2, 0.25) is 0 Å². The molecule has 1 saturated heterocycles. The van der Waals surface area contributed by atoms with Crippen molar-refractivity contribution < 1.29 is 14.7 Å². The SMILES string of the molecule is CC1C(C(=O)O)CCN1C(=O)c1ccc(Br)nc1. The summed E-state index contributed by atoms with van der Waals surface area (Å²) in [7, 11) is 0. The molecule has 1 aliphatic heterocycles. The van der Waals surface area contributed by atoms with Gasteiger partial charge in [-0.25, -0.2) is 4.98 Å². The van der Waals surface area contributed by atoms with Gasteiger partial charge >= 0.3 is 5.97 Å². The van der Waals surface area contributed by atoms with Crippen LogP contribution in [0.5, 0.6) is 0 Å². The molecule has 1 amide bonds. The van der Waals surface area contributed by atoms with E-state index in [9.17, 15) is 9.59 Å². The van der Waals surface area contributed by atoms with E-state index in [1.54, 1.807) is 24.0 Å². The fraction of sp³-hybridized carbons (Fsp3) is 0.417. The van der Waals surface area contributed by atoms with E-state index in [1.807, 2.05) is 0 Å². The van der Waals surface area contributed by atoms with Gasteiger partial charge in [0.1, 0.15) is 4.60 Å². The molecule has 18 heavy (non-hydrogen) atoms. The molecule has 1 aromatic rings. The first kappa shape index (κ1) is 13.0. The summed E-state index contributed by atoms with van der Waals surface area (Å²) < 4.78 is 0.664. The minimum Gasteiger partial charge on any atom is -0.481 e. The lowest BCUT2D eigenvalue weighted by atomic mass is 10.0. The number of aromatic nitrogens is 1. The summed E-state index contributed by atoms with van der Waals surface area (Å²) in [6.07, 6.45) is 2.00. The average Bonchev–Trinajstić information content (AvgIpc) is 2.71. The number of nitrogens with zero attached hydrogens (tertiary/aromatic N) is 2. The van der Waals surface area contributed by atoms with Crippen LogP contribution in [0.1, 0.15) is 23.7 Å². The van der Waals surface area contributed by atoms with E-state index < -0.39 is 11.9 Å². The van der Waals surface area contributed by atoms with Gasteiger partial charge in [0.15, 0.2) is 0 Å². The second-order valence-corrected chi connectivity index (χ2v) is 5.15. The molecule has 1 aliphatic rings. The molecule has 96 valence electrons. The summed E-state index contributed by atoms with van der Waals surface area (Å²) in [4.78, 5) is 28.8. The summed E-state index contributed by atoms with van der Waals surface area (Å²) >= 11 is 3.20. The fourth-order valence-electron chi connectivity index (χ4n) is 2.22. The van der Waals surface area contributed by atoms with Crippen molar-refractivity contribution in [2.45, 2.75) is 19.4 Å². The number of halogens is 1. The molecule has 0 spiro atoms. The maximum atomic E-state index is 12.2. The van der Waals surface area contributed by atoms with Crippen molar-refractivity contribution in [3.05, 3.63) is 28.5 Å². The number of carboxylic acid groups (broad SMARTS) is 1. The Labute approximate surface area is 113 Å². The Morgan fingerprint density at radius 3 is 2.72 bits per heavy atom. The van der Waals surface area contributed by atoms with Gasteiger partial charge in [-0.3, -0.25) is 9.59 Å². The molecule has 0 saturated carbocycles. The van der Waals surface area contributed by atoms with Crippen LogP contribution < -0.4 is 0 Å². The summed E-state index contributed by atoms with van der Waals surface area (Å²) in [6, 6.07) is 3.10. The molecule has 0 aliphatic carbocycles. The number of pyridine rings is 1. The number of hydrogen-bond acceptors (Lipinski definition) is 3. The van der Waals surface area contributed by atoms with E-state index >= 15 is 0 Å². The van der Waals surface area contributed by atoms with Crippen LogP contribution in [0.15, 0.2) is 22.9 Å². The third-order valence-electron chi connectivity index (χ3n) is 3.31. The highest BCUT2D eigenvalue weighted by Gasteiger charge is 2.38. The van der Waals surface area contributed by atoms with Crippen LogP contribution in [-0.4, -0.2) is 39.5 Å². The van der Waals surface area contributed by atoms with Gasteiger partial charge in [0, 0.05) is 18.8 Å². The number of carbonyl (C=O) groups excluding carboxylic acids is 1. The highest BCUT2D eigenvalue weighted by molar-refractivity contribution is 9.10. The van der Waals surface area contributed by atoms with Gasteiger partial charge < -0.3 is 10.0 Å². The van der Waals surface area contributed by atoms with E-state index in [-0.39, 0.29) is 11.9 Å². The van der Waals surface area contributed by atoms with Crippen molar-refractivity contribution >= 4 is 27.8 Å². The first-order chi connectivity index (χ1) is 8.50. The number of carbonyl (C=O) groups is 2. The highest BCUT2D eigenvalue weighted by atomic mass is 79.9. The zero-order valence-electron chi connectivity index (χ0n) is 9.84. The van der Waals surface area contributed by atoms with Crippen LogP contribution >= 0.6 is 15.9 Å². The molecular formula is C12H13BrN2O3. The molecule has 2 rings (SSSR count). The summed E-state index contributed by atoms with van der Waals surface area (Å²) in [5, 5.41) is 9.03. The lowest BCUT2D eigenvalue weighted by Crippen LogP contribution is -2.37. The van der Waals surface area contributed by atoms with E-state index in [0.29, 0.717) is 23.1 Å². The first-order valence-corrected chi connectivity index (χ1v) is 6.45. The summed E-state index contributed by atoms with van der Waals surface area (Å²) in [6.45, 7) is 2.25. The van der Waals surface area contributed by atoms with Crippen LogP contribution in [0.25, 0.3) is 0 Å². The smallest absolute Gasteiger partial charge is 0.308 e. The van der Waals surface area contributed by atoms with Gasteiger partial charge in [-0.05, 0) is 41.4 Å². The molecule has 0 aromatic carbocycles. The van der Waals surface area contributed by atoms with Crippen LogP contribution in [0.2, 0.25) is 0 Å². The minimum atomic E-state index is -0.841. The number of aliphatic carboxylic acids is 1. The van der Waals surface area contributed by atoms with Gasteiger partial charge in [0.25, 0.3) is 5.91 Å². The van der Waals surface area contributed by atoms with Crippen molar-refractivity contribution in [1.29, 1.82) is 0 Å². The van der Waals surface area contributed by atoms with E-state index in [2.05, 4.69) is 20.9 Å². The molecule has 2 unspecified atom stereocenters. The second-order valence-electron chi connectivity index (χ2n) is 4.34. The van der Waals surface area contributed by atoms with E-state index in [4.69, 9.17) is 5.11 Å². The first-order valence-electron chi connectivity index (χ1n) is 5.66. The fourth-order valence-corrected chi connectivity index (χ4v) is 2.46. The van der Waals surface area contributed by atoms with Gasteiger partial charge in [-0.2, -0.15) is 0 Å². The van der Waals surface area contributed by atoms with Crippen molar-refractivity contribution in [2.24, 2.45) is 5.92 Å². The number of carboxylic acids is 1. The number of hydrogen-bond donors (Lipinski definition) is 1. The normalized spacial score (nSPS) is 23.1. The number of amides is 1. The van der Waals surface area contributed by atoms with E-state index in [1.165, 1.54) is 6.20 Å². The van der Waals surface area contributed by atoms with Crippen molar-refractivity contribution in [1.82, 2.24) is 9.88 Å². The third-order valence-corrected chi connectivity index (χ3v) is 3.78. The van der Waals surface area contributed by atoms with Crippen molar-refractivity contribution in [2.75, 3.05) is 6.54 Å². The Balaban J connectivity index is 2.15. The minimum absolute atomic E-state index is 0.161. The van der Waals surface area contributed by atoms with Crippen LogP contribution in [0.3, 0.4) is 0 Å². The molecule has 2 atom stereocenters. The van der Waals surface area contributed by atoms with Crippen LogP contribution in [0, 0.1) is 5.92 Å². The summed E-state index contributed by atoms with van der Waals surface area (Å²) in [5.41, 5.74) is 0.482. The Morgan fingerprint density at radius 1 is 1.50 bits per heavy atom. The third kappa shape index (κ3) is 2.38. The topological polar surface area (TPSA) is 70.5 Å². The molecular weight excluding hydrogens is 300 g/mol. The molecule has 0 bridgehead atoms. The van der Waals surface area contributed by atoms with Gasteiger partial charge in [-0.15, -0.1) is 0 Å². The molecule has 5 nitrogen and oxygen atoms in total. The second kappa shape index (κ2) is 5.06. The lowest BCUT2D eigenvalue weighted by molar-refractivity contribution is -0.142. The highest BCUT2D eigenvalue weighted by Crippen LogP contribution is 2.26. The monoisotopic (exact) mass is 312 g/mol. The summed E-state index contributed by atoms with van der Waals surface area (Å²) in [5.74, 6) is -1.48. The van der Waals surface area contributed by atoms with Crippen molar-refractivity contribution in [3.8, 4) is 0 Å². The predicted molar refractivity (Wildman–Crippen MR) is 68.2 cm³/mol.